The van der Waals surface area contributed by atoms with Gasteiger partial charge in [0, 0.05) is 26.0 Å². The summed E-state index contributed by atoms with van der Waals surface area (Å²) in [5, 5.41) is 3.19. The molecule has 0 fully saturated rings. The Morgan fingerprint density at radius 1 is 1.31 bits per heavy atom. The molecule has 0 aliphatic heterocycles. The van der Waals surface area contributed by atoms with Crippen molar-refractivity contribution in [3.8, 4) is 0 Å². The van der Waals surface area contributed by atoms with Gasteiger partial charge in [0.05, 0.1) is 6.61 Å². The SMILES string of the molecule is CC(C)CCOCCNCCCP(C)(=O)O. The van der Waals surface area contributed by atoms with E-state index in [0.29, 0.717) is 12.1 Å². The van der Waals surface area contributed by atoms with Gasteiger partial charge in [-0.3, -0.25) is 4.57 Å². The third-order valence-electron chi connectivity index (χ3n) is 2.19. The Labute approximate surface area is 99.2 Å². The van der Waals surface area contributed by atoms with Crippen LogP contribution in [0.4, 0.5) is 0 Å². The summed E-state index contributed by atoms with van der Waals surface area (Å²) in [5.74, 6) is 0.691. The Kier molecular flexibility index (Phi) is 9.24. The molecule has 0 saturated heterocycles. The minimum Gasteiger partial charge on any atom is -0.380 e. The zero-order chi connectivity index (χ0) is 12.4. The molecule has 0 aromatic carbocycles. The van der Waals surface area contributed by atoms with E-state index in [-0.39, 0.29) is 0 Å². The van der Waals surface area contributed by atoms with Crippen molar-refractivity contribution in [2.45, 2.75) is 26.7 Å². The molecule has 5 heteroatoms. The van der Waals surface area contributed by atoms with Crippen molar-refractivity contribution in [3.05, 3.63) is 0 Å². The highest BCUT2D eigenvalue weighted by molar-refractivity contribution is 7.57. The van der Waals surface area contributed by atoms with Crippen LogP contribution in [0.5, 0.6) is 0 Å². The summed E-state index contributed by atoms with van der Waals surface area (Å²) in [5.41, 5.74) is 0. The van der Waals surface area contributed by atoms with Gasteiger partial charge in [0.1, 0.15) is 0 Å². The van der Waals surface area contributed by atoms with E-state index in [4.69, 9.17) is 9.63 Å². The maximum Gasteiger partial charge on any atom is 0.197 e. The monoisotopic (exact) mass is 251 g/mol. The van der Waals surface area contributed by atoms with Crippen molar-refractivity contribution in [2.24, 2.45) is 5.92 Å². The fraction of sp³-hybridized carbons (Fsp3) is 1.00. The average Bonchev–Trinajstić information content (AvgIpc) is 2.13. The first kappa shape index (κ1) is 16.1. The molecule has 1 unspecified atom stereocenters. The molecular weight excluding hydrogens is 225 g/mol. The molecule has 16 heavy (non-hydrogen) atoms. The van der Waals surface area contributed by atoms with Gasteiger partial charge >= 0.3 is 0 Å². The molecule has 0 bridgehead atoms. The van der Waals surface area contributed by atoms with Crippen molar-refractivity contribution in [1.82, 2.24) is 5.32 Å². The van der Waals surface area contributed by atoms with E-state index in [2.05, 4.69) is 19.2 Å². The lowest BCUT2D eigenvalue weighted by atomic mass is 10.1. The predicted octanol–water partition coefficient (Wildman–Crippen LogP) is 1.93. The molecule has 1 atom stereocenters. The molecule has 0 rings (SSSR count). The van der Waals surface area contributed by atoms with E-state index in [1.807, 2.05) is 0 Å². The van der Waals surface area contributed by atoms with Crippen LogP contribution in [-0.2, 0) is 9.30 Å². The lowest BCUT2D eigenvalue weighted by Gasteiger charge is -2.08. The third kappa shape index (κ3) is 14.1. The average molecular weight is 251 g/mol. The summed E-state index contributed by atoms with van der Waals surface area (Å²) in [7, 11) is -2.81. The first-order chi connectivity index (χ1) is 7.42. The van der Waals surface area contributed by atoms with E-state index >= 15 is 0 Å². The minimum atomic E-state index is -2.81. The Hall–Kier alpha value is 0.110. The fourth-order valence-corrected chi connectivity index (χ4v) is 1.93. The number of nitrogens with one attached hydrogen (secondary N) is 1. The first-order valence-electron chi connectivity index (χ1n) is 5.99. The Balaban J connectivity index is 3.08. The molecule has 0 heterocycles. The van der Waals surface area contributed by atoms with E-state index in [1.54, 1.807) is 0 Å². The van der Waals surface area contributed by atoms with Gasteiger partial charge in [-0.2, -0.15) is 0 Å². The maximum atomic E-state index is 11.0. The smallest absolute Gasteiger partial charge is 0.197 e. The van der Waals surface area contributed by atoms with Crippen LogP contribution < -0.4 is 5.32 Å². The number of ether oxygens (including phenoxy) is 1. The van der Waals surface area contributed by atoms with Gasteiger partial charge in [0.25, 0.3) is 0 Å². The van der Waals surface area contributed by atoms with Crippen molar-refractivity contribution < 1.29 is 14.2 Å². The van der Waals surface area contributed by atoms with Crippen LogP contribution in [0.15, 0.2) is 0 Å². The molecule has 0 aliphatic rings. The second kappa shape index (κ2) is 9.17. The van der Waals surface area contributed by atoms with Crippen LogP contribution in [0, 0.1) is 5.92 Å². The molecule has 0 aromatic heterocycles. The standard InChI is InChI=1S/C11H26NO3P/c1-11(2)5-8-15-9-7-12-6-4-10-16(3,13)14/h11-12H,4-10H2,1-3H3,(H,13,14). The van der Waals surface area contributed by atoms with Crippen molar-refractivity contribution in [1.29, 1.82) is 0 Å². The molecular formula is C11H26NO3P. The van der Waals surface area contributed by atoms with E-state index in [0.717, 1.165) is 39.1 Å². The summed E-state index contributed by atoms with van der Waals surface area (Å²) in [6.45, 7) is 8.90. The largest absolute Gasteiger partial charge is 0.380 e. The molecule has 0 aromatic rings. The summed E-state index contributed by atoms with van der Waals surface area (Å²) < 4.78 is 16.4. The topological polar surface area (TPSA) is 58.6 Å². The molecule has 0 amide bonds. The molecule has 2 N–H and O–H groups in total. The molecule has 0 saturated carbocycles. The highest BCUT2D eigenvalue weighted by atomic mass is 31.2. The van der Waals surface area contributed by atoms with Gasteiger partial charge in [-0.05, 0) is 25.3 Å². The molecule has 0 radical (unpaired) electrons. The second-order valence-electron chi connectivity index (χ2n) is 4.67. The number of rotatable bonds is 10. The quantitative estimate of drug-likeness (QED) is 0.460. The van der Waals surface area contributed by atoms with Crippen LogP contribution in [0.1, 0.15) is 26.7 Å². The summed E-state index contributed by atoms with van der Waals surface area (Å²) in [4.78, 5) is 9.05. The molecule has 4 nitrogen and oxygen atoms in total. The highest BCUT2D eigenvalue weighted by Gasteiger charge is 2.07. The third-order valence-corrected chi connectivity index (χ3v) is 3.34. The van der Waals surface area contributed by atoms with Crippen LogP contribution in [-0.4, -0.2) is 44.0 Å². The Morgan fingerprint density at radius 3 is 2.56 bits per heavy atom. The zero-order valence-corrected chi connectivity index (χ0v) is 11.6. The summed E-state index contributed by atoms with van der Waals surface area (Å²) in [6, 6.07) is 0. The van der Waals surface area contributed by atoms with Gasteiger partial charge in [-0.1, -0.05) is 13.8 Å². The van der Waals surface area contributed by atoms with Crippen molar-refractivity contribution in [3.63, 3.8) is 0 Å². The lowest BCUT2D eigenvalue weighted by Crippen LogP contribution is -2.21. The van der Waals surface area contributed by atoms with Crippen LogP contribution in [0.3, 0.4) is 0 Å². The number of hydrogen-bond donors (Lipinski definition) is 2. The fourth-order valence-electron chi connectivity index (χ4n) is 1.19. The van der Waals surface area contributed by atoms with Crippen molar-refractivity contribution in [2.75, 3.05) is 39.1 Å². The highest BCUT2D eigenvalue weighted by Crippen LogP contribution is 2.35. The summed E-state index contributed by atoms with van der Waals surface area (Å²) >= 11 is 0. The van der Waals surface area contributed by atoms with Gasteiger partial charge in [0.2, 0.25) is 0 Å². The van der Waals surface area contributed by atoms with Gasteiger partial charge in [-0.25, -0.2) is 0 Å². The Morgan fingerprint density at radius 2 is 2.00 bits per heavy atom. The van der Waals surface area contributed by atoms with Crippen LogP contribution in [0.25, 0.3) is 0 Å². The van der Waals surface area contributed by atoms with Gasteiger partial charge in [-0.15, -0.1) is 0 Å². The zero-order valence-electron chi connectivity index (χ0n) is 10.7. The van der Waals surface area contributed by atoms with Crippen LogP contribution in [0.2, 0.25) is 0 Å². The van der Waals surface area contributed by atoms with E-state index in [1.165, 1.54) is 6.66 Å². The van der Waals surface area contributed by atoms with Gasteiger partial charge in [0.15, 0.2) is 7.37 Å². The lowest BCUT2D eigenvalue weighted by molar-refractivity contribution is 0.125. The van der Waals surface area contributed by atoms with E-state index < -0.39 is 7.37 Å². The van der Waals surface area contributed by atoms with Crippen molar-refractivity contribution >= 4 is 7.37 Å². The van der Waals surface area contributed by atoms with E-state index in [9.17, 15) is 4.57 Å². The molecule has 0 spiro atoms. The molecule has 0 aliphatic carbocycles. The molecule has 98 valence electrons. The first-order valence-corrected chi connectivity index (χ1v) is 8.29. The maximum absolute atomic E-state index is 11.0. The second-order valence-corrected chi connectivity index (χ2v) is 7.22. The number of hydrogen-bond acceptors (Lipinski definition) is 3. The predicted molar refractivity (Wildman–Crippen MR) is 68.4 cm³/mol. The normalized spacial score (nSPS) is 15.3. The van der Waals surface area contributed by atoms with Gasteiger partial charge < -0.3 is 14.9 Å². The minimum absolute atomic E-state index is 0.397. The summed E-state index contributed by atoms with van der Waals surface area (Å²) in [6.07, 6.45) is 2.24. The van der Waals surface area contributed by atoms with Crippen LogP contribution >= 0.6 is 7.37 Å². The Bertz CT molecular complexity index is 203.